The Labute approximate surface area is 302 Å². The molecule has 4 heterocycles. The van der Waals surface area contributed by atoms with E-state index in [9.17, 15) is 19.7 Å². The summed E-state index contributed by atoms with van der Waals surface area (Å²) in [6.07, 6.45) is 8.61. The van der Waals surface area contributed by atoms with Crippen LogP contribution in [0.15, 0.2) is 82.1 Å². The van der Waals surface area contributed by atoms with E-state index in [4.69, 9.17) is 9.47 Å². The van der Waals surface area contributed by atoms with E-state index >= 15 is 8.78 Å². The molecule has 0 saturated carbocycles. The maximum Gasteiger partial charge on any atom is 0.448 e. The van der Waals surface area contributed by atoms with Crippen LogP contribution in [0.25, 0.3) is 16.7 Å². The minimum atomic E-state index is -1.09. The highest BCUT2D eigenvalue weighted by atomic mass is 19.1. The first-order valence-corrected chi connectivity index (χ1v) is 16.8. The molecule has 2 aliphatic rings. The van der Waals surface area contributed by atoms with E-state index < -0.39 is 34.0 Å². The number of nitrogens with zero attached hydrogens (tertiary/aromatic N) is 8. The van der Waals surface area contributed by atoms with Crippen molar-refractivity contribution >= 4 is 34.8 Å². The van der Waals surface area contributed by atoms with Crippen LogP contribution in [0.4, 0.5) is 20.4 Å². The number of likely N-dealkylation sites (tertiary alicyclic amines) is 1. The van der Waals surface area contributed by atoms with Crippen LogP contribution >= 0.6 is 0 Å². The first-order chi connectivity index (χ1) is 25.4. The summed E-state index contributed by atoms with van der Waals surface area (Å²) in [6.45, 7) is 1.44. The summed E-state index contributed by atoms with van der Waals surface area (Å²) in [5.41, 5.74) is 0.146. The van der Waals surface area contributed by atoms with Crippen molar-refractivity contribution < 1.29 is 37.0 Å². The highest BCUT2D eigenvalue weighted by molar-refractivity contribution is 5.87. The zero-order valence-electron chi connectivity index (χ0n) is 29.7. The van der Waals surface area contributed by atoms with Crippen molar-refractivity contribution in [1.82, 2.24) is 19.4 Å². The third kappa shape index (κ3) is 7.74. The number of carbonyl (C=O) groups is 1. The monoisotopic (exact) mass is 731 g/mol. The van der Waals surface area contributed by atoms with E-state index in [1.165, 1.54) is 43.5 Å². The maximum atomic E-state index is 15.7. The lowest BCUT2D eigenvalue weighted by atomic mass is 10.0. The van der Waals surface area contributed by atoms with Crippen molar-refractivity contribution in [3.8, 4) is 17.2 Å². The average molecular weight is 732 g/mol. The zero-order chi connectivity index (χ0) is 37.9. The molecule has 4 aromatic rings. The number of fused-ring (bicyclic) bond motifs is 1. The van der Waals surface area contributed by atoms with Gasteiger partial charge in [-0.3, -0.25) is 4.79 Å². The van der Waals surface area contributed by atoms with Crippen molar-refractivity contribution in [3.05, 3.63) is 105 Å². The molecule has 0 bridgehead atoms. The second kappa shape index (κ2) is 15.2. The van der Waals surface area contributed by atoms with Crippen LogP contribution in [0.1, 0.15) is 25.3 Å². The van der Waals surface area contributed by atoms with E-state index in [0.717, 1.165) is 10.6 Å². The van der Waals surface area contributed by atoms with Gasteiger partial charge in [0, 0.05) is 43.5 Å². The molecule has 2 aromatic carbocycles. The number of rotatable bonds is 12. The van der Waals surface area contributed by atoms with Crippen LogP contribution in [0.5, 0.6) is 11.5 Å². The molecule has 1 saturated heterocycles. The van der Waals surface area contributed by atoms with Crippen molar-refractivity contribution in [1.29, 1.82) is 0 Å². The molecular formula is C36H39F2N9O6+2. The molecule has 2 aromatic heterocycles. The summed E-state index contributed by atoms with van der Waals surface area (Å²) in [4.78, 5) is 53.1. The average Bonchev–Trinajstić information content (AvgIpc) is 3.60. The Morgan fingerprint density at radius 3 is 2.45 bits per heavy atom. The number of aliphatic imine (C=N–C) groups is 1. The fourth-order valence-corrected chi connectivity index (χ4v) is 6.56. The number of para-hydroxylation sites is 1. The topological polar surface area (TPSA) is 158 Å². The van der Waals surface area contributed by atoms with E-state index in [-0.39, 0.29) is 34.8 Å². The van der Waals surface area contributed by atoms with E-state index in [0.29, 0.717) is 66.6 Å². The predicted molar refractivity (Wildman–Crippen MR) is 191 cm³/mol. The van der Waals surface area contributed by atoms with Gasteiger partial charge in [0.1, 0.15) is 18.1 Å². The summed E-state index contributed by atoms with van der Waals surface area (Å²) < 4.78 is 44.4. The first kappa shape index (κ1) is 36.7. The molecule has 0 radical (unpaired) electrons. The van der Waals surface area contributed by atoms with Gasteiger partial charge in [0.25, 0.3) is 5.65 Å². The minimum Gasteiger partial charge on any atom is -0.493 e. The lowest BCUT2D eigenvalue weighted by molar-refractivity contribution is -0.880. The number of nitrogens with one attached hydrogen (secondary N) is 1. The largest absolute Gasteiger partial charge is 0.493 e. The number of amides is 1. The predicted octanol–water partition coefficient (Wildman–Crippen LogP) is 3.87. The quantitative estimate of drug-likeness (QED) is 0.0751. The molecule has 0 atom stereocenters. The number of nitro groups is 1. The van der Waals surface area contributed by atoms with Crippen LogP contribution in [0, 0.1) is 21.7 Å². The number of carbonyl (C=O) groups excluding carboxylic acids is 1. The number of aromatic nitrogens is 4. The lowest BCUT2D eigenvalue weighted by Gasteiger charge is -2.31. The number of quaternary nitrogens is 1. The lowest BCUT2D eigenvalue weighted by Crippen LogP contribution is -2.60. The second-order valence-electron chi connectivity index (χ2n) is 13.3. The van der Waals surface area contributed by atoms with E-state index in [1.54, 1.807) is 11.0 Å². The molecule has 53 heavy (non-hydrogen) atoms. The van der Waals surface area contributed by atoms with Gasteiger partial charge in [0.15, 0.2) is 17.2 Å². The Morgan fingerprint density at radius 1 is 1.13 bits per heavy atom. The zero-order valence-corrected chi connectivity index (χ0v) is 29.7. The van der Waals surface area contributed by atoms with Gasteiger partial charge in [-0.15, -0.1) is 0 Å². The van der Waals surface area contributed by atoms with Crippen LogP contribution in [-0.4, -0.2) is 95.5 Å². The number of likely N-dealkylation sites (N-methyl/N-ethyl adjacent to an activating group) is 1. The van der Waals surface area contributed by atoms with Crippen molar-refractivity contribution in [2.45, 2.75) is 25.3 Å². The molecule has 15 nitrogen and oxygen atoms in total. The Hall–Kier alpha value is -6.10. The highest BCUT2D eigenvalue weighted by Crippen LogP contribution is 2.33. The van der Waals surface area contributed by atoms with Crippen molar-refractivity contribution in [2.75, 3.05) is 59.8 Å². The van der Waals surface area contributed by atoms with E-state index in [2.05, 4.69) is 20.3 Å². The van der Waals surface area contributed by atoms with Gasteiger partial charge in [-0.25, -0.2) is 9.78 Å². The number of ether oxygens (including phenoxy) is 2. The van der Waals surface area contributed by atoms with Gasteiger partial charge < -0.3 is 34.3 Å². The second-order valence-corrected chi connectivity index (χ2v) is 13.3. The molecule has 0 spiro atoms. The smallest absolute Gasteiger partial charge is 0.448 e. The van der Waals surface area contributed by atoms with Gasteiger partial charge >= 0.3 is 17.5 Å². The molecule has 0 unspecified atom stereocenters. The molecule has 17 heteroatoms. The molecule has 2 aliphatic heterocycles. The molecule has 6 rings (SSSR count). The standard InChI is InChI=1S/C36H38F2N9O6/c1-47(2,22-23-12-15-39-33(23)46(50)51)18-8-11-29(48)43-16-13-26(14-17-43)45-34-24(20-40-35(42-34)41-25-9-6-5-7-10-25)21-44(36(45)49)32-30(37)27(52-3)19-28(53-4)31(32)38/h5-11,15,19-21,26H,12-14,16-18,22H2,1-4H3/q+1/p+1/b11-8+. The van der Waals surface area contributed by atoms with Gasteiger partial charge in [-0.05, 0) is 36.0 Å². The number of piperidine rings is 1. The Balaban J connectivity index is 1.28. The summed E-state index contributed by atoms with van der Waals surface area (Å²) in [5.74, 6) is -2.95. The number of hydrogen-bond acceptors (Lipinski definition) is 10. The maximum absolute atomic E-state index is 15.7. The summed E-state index contributed by atoms with van der Waals surface area (Å²) in [6, 6.07) is 9.77. The van der Waals surface area contributed by atoms with Gasteiger partial charge in [-0.1, -0.05) is 28.2 Å². The Kier molecular flexibility index (Phi) is 10.6. The van der Waals surface area contributed by atoms with Crippen LogP contribution in [0.3, 0.4) is 0 Å². The highest BCUT2D eigenvalue weighted by Gasteiger charge is 2.34. The summed E-state index contributed by atoms with van der Waals surface area (Å²) >= 11 is 0. The Morgan fingerprint density at radius 2 is 1.81 bits per heavy atom. The first-order valence-electron chi connectivity index (χ1n) is 16.8. The minimum absolute atomic E-state index is 0.122. The fourth-order valence-electron chi connectivity index (χ4n) is 6.56. The number of anilines is 2. The summed E-state index contributed by atoms with van der Waals surface area (Å²) in [7, 11) is 6.28. The molecule has 1 fully saturated rings. The third-order valence-corrected chi connectivity index (χ3v) is 9.19. The molecule has 276 valence electrons. The fraction of sp³-hybridized carbons (Fsp3) is 0.333. The number of halogens is 2. The van der Waals surface area contributed by atoms with Gasteiger partial charge in [0.2, 0.25) is 17.5 Å². The molecule has 1 N–H and O–H groups in total. The summed E-state index contributed by atoms with van der Waals surface area (Å²) in [5, 5.41) is 14.8. The normalized spacial score (nSPS) is 15.1. The Bertz CT molecular complexity index is 2190. The van der Waals surface area contributed by atoms with Crippen LogP contribution in [0.2, 0.25) is 0 Å². The van der Waals surface area contributed by atoms with Gasteiger partial charge in [0.05, 0.1) is 52.7 Å². The van der Waals surface area contributed by atoms with Gasteiger partial charge in [-0.2, -0.15) is 17.9 Å². The molecule has 0 aliphatic carbocycles. The number of benzene rings is 2. The number of hydrogen-bond donors (Lipinski definition) is 1. The van der Waals surface area contributed by atoms with Crippen LogP contribution < -0.4 is 25.0 Å². The molecular weight excluding hydrogens is 692 g/mol. The molecule has 1 amide bonds. The van der Waals surface area contributed by atoms with Crippen LogP contribution in [-0.2, 0) is 4.79 Å². The number of methoxy groups -OCH3 is 2. The SMILES string of the molecule is COc1cc(OC)c(F)c(-n2cc3cnc(Nc4ccccc4)nc3[n+](C3CCN(C(=O)/C=C/C[N+](C)(C)CC4=C([N+](=O)[O-])N=CC4)CC3)c2=O)c1F. The van der Waals surface area contributed by atoms with Crippen molar-refractivity contribution in [2.24, 2.45) is 4.99 Å². The van der Waals surface area contributed by atoms with E-state index in [1.807, 2.05) is 44.4 Å². The third-order valence-electron chi connectivity index (χ3n) is 9.19. The van der Waals surface area contributed by atoms with Crippen molar-refractivity contribution in [3.63, 3.8) is 0 Å².